The highest BCUT2D eigenvalue weighted by Crippen LogP contribution is 2.48. The van der Waals surface area contributed by atoms with E-state index in [9.17, 15) is 4.79 Å². The lowest BCUT2D eigenvalue weighted by Crippen LogP contribution is -2.42. The van der Waals surface area contributed by atoms with Crippen LogP contribution in [0.15, 0.2) is 4.47 Å². The largest absolute Gasteiger partial charge is 0.461 e. The third-order valence-corrected chi connectivity index (χ3v) is 7.81. The molecular formula is C26H41BrN2O3. The zero-order chi connectivity index (χ0) is 23.7. The van der Waals surface area contributed by atoms with Crippen LogP contribution in [0.25, 0.3) is 0 Å². The van der Waals surface area contributed by atoms with Gasteiger partial charge in [0.05, 0.1) is 27.6 Å². The van der Waals surface area contributed by atoms with Gasteiger partial charge < -0.3 is 14.4 Å². The fourth-order valence-corrected chi connectivity index (χ4v) is 5.88. The van der Waals surface area contributed by atoms with Crippen molar-refractivity contribution in [2.45, 2.75) is 111 Å². The number of rotatable bonds is 5. The van der Waals surface area contributed by atoms with Gasteiger partial charge in [-0.25, -0.2) is 4.79 Å². The first-order valence-corrected chi connectivity index (χ1v) is 13.0. The Bertz CT molecular complexity index is 815. The number of carbonyl (C=O) groups excluding carboxylic acids is 1. The predicted octanol–water partition coefficient (Wildman–Crippen LogP) is 6.82. The highest BCUT2D eigenvalue weighted by atomic mass is 79.9. The summed E-state index contributed by atoms with van der Waals surface area (Å²) in [5.74, 6) is -0.349. The van der Waals surface area contributed by atoms with E-state index in [4.69, 9.17) is 14.5 Å². The maximum Gasteiger partial charge on any atom is 0.340 e. The van der Waals surface area contributed by atoms with Crippen LogP contribution in [-0.2, 0) is 14.3 Å². The van der Waals surface area contributed by atoms with Gasteiger partial charge in [0.1, 0.15) is 0 Å². The molecule has 1 spiro atoms. The fraction of sp³-hybridized carbons (Fsp3) is 0.769. The van der Waals surface area contributed by atoms with Gasteiger partial charge in [-0.3, -0.25) is 4.98 Å². The number of ether oxygens (including phenoxy) is 2. The molecule has 0 N–H and O–H groups in total. The Kier molecular flexibility index (Phi) is 7.97. The summed E-state index contributed by atoms with van der Waals surface area (Å²) < 4.78 is 12.9. The van der Waals surface area contributed by atoms with Crippen LogP contribution in [0, 0.1) is 19.3 Å². The molecule has 3 rings (SSSR count). The Morgan fingerprint density at radius 3 is 2.16 bits per heavy atom. The van der Waals surface area contributed by atoms with Gasteiger partial charge in [0.2, 0.25) is 0 Å². The summed E-state index contributed by atoms with van der Waals surface area (Å²) in [5, 5.41) is 0. The van der Waals surface area contributed by atoms with Crippen molar-refractivity contribution in [2.24, 2.45) is 5.41 Å². The number of hydrogen-bond acceptors (Lipinski definition) is 5. The van der Waals surface area contributed by atoms with Crippen molar-refractivity contribution in [3.8, 4) is 0 Å². The van der Waals surface area contributed by atoms with Crippen molar-refractivity contribution in [2.75, 3.05) is 18.0 Å². The van der Waals surface area contributed by atoms with Crippen LogP contribution in [0.5, 0.6) is 0 Å². The molecule has 1 saturated carbocycles. The highest BCUT2D eigenvalue weighted by molar-refractivity contribution is 9.10. The first-order valence-electron chi connectivity index (χ1n) is 12.2. The van der Waals surface area contributed by atoms with E-state index < -0.39 is 11.7 Å². The first kappa shape index (κ1) is 25.5. The highest BCUT2D eigenvalue weighted by Gasteiger charge is 2.39. The maximum absolute atomic E-state index is 13.2. The van der Waals surface area contributed by atoms with E-state index in [2.05, 4.69) is 20.8 Å². The molecule has 2 fully saturated rings. The number of aryl methyl sites for hydroxylation is 2. The molecule has 1 aliphatic carbocycles. The zero-order valence-corrected chi connectivity index (χ0v) is 22.6. The summed E-state index contributed by atoms with van der Waals surface area (Å²) in [5.41, 5.74) is 3.66. The molecule has 6 heteroatoms. The minimum Gasteiger partial charge on any atom is -0.461 e. The topological polar surface area (TPSA) is 51.7 Å². The van der Waals surface area contributed by atoms with Gasteiger partial charge in [0.15, 0.2) is 6.10 Å². The van der Waals surface area contributed by atoms with Gasteiger partial charge in [-0.2, -0.15) is 0 Å². The zero-order valence-electron chi connectivity index (χ0n) is 21.0. The van der Waals surface area contributed by atoms with E-state index in [-0.39, 0.29) is 12.1 Å². The second-order valence-corrected chi connectivity index (χ2v) is 11.8. The fourth-order valence-electron chi connectivity index (χ4n) is 5.32. The Morgan fingerprint density at radius 1 is 1.03 bits per heavy atom. The lowest BCUT2D eigenvalue weighted by Gasteiger charge is -2.46. The van der Waals surface area contributed by atoms with Crippen molar-refractivity contribution in [3.63, 3.8) is 0 Å². The molecule has 1 atom stereocenters. The number of carbonyl (C=O) groups is 1. The van der Waals surface area contributed by atoms with Crippen molar-refractivity contribution in [3.05, 3.63) is 21.4 Å². The van der Waals surface area contributed by atoms with Crippen LogP contribution in [0.4, 0.5) is 5.69 Å². The molecule has 2 aliphatic rings. The Morgan fingerprint density at radius 2 is 1.62 bits per heavy atom. The normalized spacial score (nSPS) is 20.0. The second-order valence-electron chi connectivity index (χ2n) is 11.0. The van der Waals surface area contributed by atoms with Gasteiger partial charge in [0.25, 0.3) is 0 Å². The molecule has 0 radical (unpaired) electrons. The quantitative estimate of drug-likeness (QED) is 0.408. The van der Waals surface area contributed by atoms with Crippen molar-refractivity contribution >= 4 is 27.6 Å². The molecule has 1 aliphatic heterocycles. The summed E-state index contributed by atoms with van der Waals surface area (Å²) in [6, 6.07) is 0. The maximum atomic E-state index is 13.2. The van der Waals surface area contributed by atoms with Crippen LogP contribution in [-0.4, -0.2) is 35.7 Å². The molecule has 0 bridgehead atoms. The van der Waals surface area contributed by atoms with E-state index in [0.29, 0.717) is 5.41 Å². The number of halogens is 1. The predicted molar refractivity (Wildman–Crippen MR) is 133 cm³/mol. The standard InChI is InChI=1S/C26H41BrN2O3/c1-17(2)31-24(30)23(32-25(5,6)7)20-18(3)28-19(4)21(27)22(20)29-15-13-26(14-16-29)11-9-8-10-12-26/h17,23H,8-16H2,1-7H3/t23-/m0/s1. The number of piperidine rings is 1. The van der Waals surface area contributed by atoms with Gasteiger partial charge in [-0.05, 0) is 95.5 Å². The van der Waals surface area contributed by atoms with Crippen molar-refractivity contribution in [1.82, 2.24) is 4.98 Å². The van der Waals surface area contributed by atoms with Gasteiger partial charge in [-0.1, -0.05) is 19.3 Å². The first-order chi connectivity index (χ1) is 14.9. The summed E-state index contributed by atoms with van der Waals surface area (Å²) in [7, 11) is 0. The van der Waals surface area contributed by atoms with Gasteiger partial charge >= 0.3 is 5.97 Å². The molecule has 2 heterocycles. The second kappa shape index (κ2) is 10.0. The van der Waals surface area contributed by atoms with Gasteiger partial charge in [0, 0.05) is 24.3 Å². The molecule has 32 heavy (non-hydrogen) atoms. The summed E-state index contributed by atoms with van der Waals surface area (Å²) in [6.45, 7) is 15.7. The lowest BCUT2D eigenvalue weighted by molar-refractivity contribution is -0.171. The number of anilines is 1. The Labute approximate surface area is 202 Å². The molecule has 5 nitrogen and oxygen atoms in total. The average Bonchev–Trinajstić information content (AvgIpc) is 2.69. The van der Waals surface area contributed by atoms with Crippen LogP contribution in [0.3, 0.4) is 0 Å². The van der Waals surface area contributed by atoms with Crippen molar-refractivity contribution < 1.29 is 14.3 Å². The number of nitrogens with zero attached hydrogens (tertiary/aromatic N) is 2. The average molecular weight is 510 g/mol. The Hall–Kier alpha value is -1.14. The van der Waals surface area contributed by atoms with E-state index in [0.717, 1.165) is 40.2 Å². The molecule has 0 amide bonds. The molecule has 1 aromatic rings. The Balaban J connectivity index is 2.01. The number of esters is 1. The minimum atomic E-state index is -0.817. The molecule has 0 unspecified atom stereocenters. The van der Waals surface area contributed by atoms with Crippen LogP contribution < -0.4 is 4.90 Å². The summed E-state index contributed by atoms with van der Waals surface area (Å²) in [4.78, 5) is 20.5. The summed E-state index contributed by atoms with van der Waals surface area (Å²) >= 11 is 3.82. The van der Waals surface area contributed by atoms with E-state index in [1.165, 1.54) is 44.9 Å². The monoisotopic (exact) mass is 508 g/mol. The third kappa shape index (κ3) is 5.85. The third-order valence-electron chi connectivity index (χ3n) is 6.86. The van der Waals surface area contributed by atoms with E-state index >= 15 is 0 Å². The molecule has 1 saturated heterocycles. The minimum absolute atomic E-state index is 0.208. The smallest absolute Gasteiger partial charge is 0.340 e. The molecular weight excluding hydrogens is 468 g/mol. The van der Waals surface area contributed by atoms with Crippen LogP contribution in [0.2, 0.25) is 0 Å². The molecule has 180 valence electrons. The van der Waals surface area contributed by atoms with E-state index in [1.807, 2.05) is 48.5 Å². The molecule has 1 aromatic heterocycles. The van der Waals surface area contributed by atoms with Gasteiger partial charge in [-0.15, -0.1) is 0 Å². The van der Waals surface area contributed by atoms with Crippen LogP contribution in [0.1, 0.15) is 103 Å². The molecule has 0 aromatic carbocycles. The van der Waals surface area contributed by atoms with Crippen LogP contribution >= 0.6 is 15.9 Å². The number of hydrogen-bond donors (Lipinski definition) is 0. The van der Waals surface area contributed by atoms with E-state index in [1.54, 1.807) is 0 Å². The number of pyridine rings is 1. The van der Waals surface area contributed by atoms with Crippen molar-refractivity contribution in [1.29, 1.82) is 0 Å². The summed E-state index contributed by atoms with van der Waals surface area (Å²) in [6.07, 6.45) is 8.23. The number of aromatic nitrogens is 1. The SMILES string of the molecule is Cc1nc(C)c([C@H](OC(C)(C)C)C(=O)OC(C)C)c(N2CCC3(CCCCC3)CC2)c1Br. The lowest BCUT2D eigenvalue weighted by atomic mass is 9.68.